The molecule has 1 aromatic carbocycles. The lowest BCUT2D eigenvalue weighted by atomic mass is 10.1. The Kier molecular flexibility index (Phi) is 4.49. The molecule has 3 N–H and O–H groups in total. The number of carbonyl (C=O) groups excluding carboxylic acids is 1. The van der Waals surface area contributed by atoms with E-state index in [9.17, 15) is 4.79 Å². The number of halogens is 1. The summed E-state index contributed by atoms with van der Waals surface area (Å²) in [6.45, 7) is 0. The van der Waals surface area contributed by atoms with Crippen molar-refractivity contribution in [1.82, 2.24) is 4.98 Å². The van der Waals surface area contributed by atoms with Crippen LogP contribution in [0.2, 0.25) is 5.02 Å². The maximum absolute atomic E-state index is 11.9. The SMILES string of the molecule is N[C@@H](Cc1ccccc1)C(=O)Nc1cc(Cl)ccn1. The number of nitrogens with zero attached hydrogens (tertiary/aromatic N) is 1. The zero-order valence-corrected chi connectivity index (χ0v) is 11.0. The summed E-state index contributed by atoms with van der Waals surface area (Å²) in [5.41, 5.74) is 6.88. The molecule has 98 valence electrons. The molecule has 0 fully saturated rings. The van der Waals surface area contributed by atoms with Crippen molar-refractivity contribution < 1.29 is 4.79 Å². The van der Waals surface area contributed by atoms with E-state index in [2.05, 4.69) is 10.3 Å². The Bertz CT molecular complexity index is 560. The number of carbonyl (C=O) groups is 1. The van der Waals surface area contributed by atoms with Crippen molar-refractivity contribution in [3.05, 3.63) is 59.2 Å². The number of benzene rings is 1. The minimum Gasteiger partial charge on any atom is -0.320 e. The third-order valence-electron chi connectivity index (χ3n) is 2.61. The van der Waals surface area contributed by atoms with Crippen molar-refractivity contribution in [2.75, 3.05) is 5.32 Å². The number of hydrogen-bond donors (Lipinski definition) is 2. The fourth-order valence-electron chi connectivity index (χ4n) is 1.65. The largest absolute Gasteiger partial charge is 0.320 e. The molecule has 0 aliphatic heterocycles. The molecule has 5 heteroatoms. The van der Waals surface area contributed by atoms with Gasteiger partial charge in [-0.2, -0.15) is 0 Å². The van der Waals surface area contributed by atoms with E-state index in [1.54, 1.807) is 12.1 Å². The zero-order chi connectivity index (χ0) is 13.7. The fourth-order valence-corrected chi connectivity index (χ4v) is 1.81. The second kappa shape index (κ2) is 6.31. The first-order valence-electron chi connectivity index (χ1n) is 5.87. The molecule has 0 aliphatic rings. The molecule has 2 rings (SSSR count). The first kappa shape index (κ1) is 13.5. The summed E-state index contributed by atoms with van der Waals surface area (Å²) >= 11 is 5.82. The first-order valence-corrected chi connectivity index (χ1v) is 6.25. The minimum absolute atomic E-state index is 0.279. The Balaban J connectivity index is 1.96. The van der Waals surface area contributed by atoms with E-state index in [1.807, 2.05) is 30.3 Å². The third-order valence-corrected chi connectivity index (χ3v) is 2.84. The van der Waals surface area contributed by atoms with Crippen molar-refractivity contribution in [1.29, 1.82) is 0 Å². The van der Waals surface area contributed by atoms with Crippen molar-refractivity contribution in [2.24, 2.45) is 5.73 Å². The summed E-state index contributed by atoms with van der Waals surface area (Å²) in [5.74, 6) is 0.125. The molecule has 1 aromatic heterocycles. The highest BCUT2D eigenvalue weighted by atomic mass is 35.5. The molecule has 0 unspecified atom stereocenters. The molecule has 2 aromatic rings. The number of aromatic nitrogens is 1. The van der Waals surface area contributed by atoms with Gasteiger partial charge in [-0.05, 0) is 24.1 Å². The summed E-state index contributed by atoms with van der Waals surface area (Å²) in [6.07, 6.45) is 2.01. The van der Waals surface area contributed by atoms with E-state index in [0.717, 1.165) is 5.56 Å². The molecule has 1 atom stereocenters. The summed E-state index contributed by atoms with van der Waals surface area (Å²) in [4.78, 5) is 15.9. The van der Waals surface area contributed by atoms with Crippen LogP contribution in [0.15, 0.2) is 48.7 Å². The van der Waals surface area contributed by atoms with Crippen LogP contribution in [0.25, 0.3) is 0 Å². The van der Waals surface area contributed by atoms with Crippen molar-refractivity contribution in [3.8, 4) is 0 Å². The van der Waals surface area contributed by atoms with Gasteiger partial charge in [0.2, 0.25) is 5.91 Å². The number of anilines is 1. The fraction of sp³-hybridized carbons (Fsp3) is 0.143. The third kappa shape index (κ3) is 4.05. The van der Waals surface area contributed by atoms with E-state index in [1.165, 1.54) is 6.20 Å². The van der Waals surface area contributed by atoms with Crippen LogP contribution in [0.1, 0.15) is 5.56 Å². The molecule has 19 heavy (non-hydrogen) atoms. The van der Waals surface area contributed by atoms with Crippen LogP contribution in [0.5, 0.6) is 0 Å². The summed E-state index contributed by atoms with van der Waals surface area (Å²) < 4.78 is 0. The maximum Gasteiger partial charge on any atom is 0.242 e. The van der Waals surface area contributed by atoms with Crippen LogP contribution in [0.3, 0.4) is 0 Å². The van der Waals surface area contributed by atoms with Gasteiger partial charge >= 0.3 is 0 Å². The van der Waals surface area contributed by atoms with Crippen LogP contribution >= 0.6 is 11.6 Å². The Hall–Kier alpha value is -1.91. The lowest BCUT2D eigenvalue weighted by Crippen LogP contribution is -2.37. The van der Waals surface area contributed by atoms with Gasteiger partial charge in [-0.15, -0.1) is 0 Å². The number of rotatable bonds is 4. The average Bonchev–Trinajstić information content (AvgIpc) is 2.40. The van der Waals surface area contributed by atoms with Gasteiger partial charge in [-0.1, -0.05) is 41.9 Å². The van der Waals surface area contributed by atoms with Gasteiger partial charge in [0.15, 0.2) is 0 Å². The number of hydrogen-bond acceptors (Lipinski definition) is 3. The van der Waals surface area contributed by atoms with E-state index in [4.69, 9.17) is 17.3 Å². The minimum atomic E-state index is -0.622. The van der Waals surface area contributed by atoms with Gasteiger partial charge in [0.1, 0.15) is 5.82 Å². The number of pyridine rings is 1. The molecular formula is C14H14ClN3O. The smallest absolute Gasteiger partial charge is 0.242 e. The lowest BCUT2D eigenvalue weighted by Gasteiger charge is -2.11. The topological polar surface area (TPSA) is 68.0 Å². The standard InChI is InChI=1S/C14H14ClN3O/c15-11-6-7-17-13(9-11)18-14(19)12(16)8-10-4-2-1-3-5-10/h1-7,9,12H,8,16H2,(H,17,18,19)/t12-/m0/s1. The van der Waals surface area contributed by atoms with Crippen LogP contribution in [-0.2, 0) is 11.2 Å². The molecule has 0 saturated carbocycles. The molecule has 0 saturated heterocycles. The highest BCUT2D eigenvalue weighted by Gasteiger charge is 2.14. The number of nitrogens with one attached hydrogen (secondary N) is 1. The van der Waals surface area contributed by atoms with Crippen LogP contribution in [0.4, 0.5) is 5.82 Å². The number of nitrogens with two attached hydrogens (primary N) is 1. The Morgan fingerprint density at radius 2 is 2.05 bits per heavy atom. The predicted octanol–water partition coefficient (Wildman–Crippen LogP) is 2.24. The molecule has 0 radical (unpaired) electrons. The molecule has 0 bridgehead atoms. The normalized spacial score (nSPS) is 11.9. The predicted molar refractivity (Wildman–Crippen MR) is 76.0 cm³/mol. The highest BCUT2D eigenvalue weighted by molar-refractivity contribution is 6.30. The van der Waals surface area contributed by atoms with Gasteiger partial charge in [-0.3, -0.25) is 4.79 Å². The molecular weight excluding hydrogens is 262 g/mol. The molecule has 4 nitrogen and oxygen atoms in total. The van der Waals surface area contributed by atoms with E-state index in [-0.39, 0.29) is 5.91 Å². The Labute approximate surface area is 116 Å². The monoisotopic (exact) mass is 275 g/mol. The zero-order valence-electron chi connectivity index (χ0n) is 10.2. The quantitative estimate of drug-likeness (QED) is 0.899. The molecule has 1 heterocycles. The maximum atomic E-state index is 11.9. The Morgan fingerprint density at radius 1 is 1.32 bits per heavy atom. The lowest BCUT2D eigenvalue weighted by molar-refractivity contribution is -0.117. The van der Waals surface area contributed by atoms with Gasteiger partial charge in [0.25, 0.3) is 0 Å². The van der Waals surface area contributed by atoms with Crippen LogP contribution in [-0.4, -0.2) is 16.9 Å². The second-order valence-electron chi connectivity index (χ2n) is 4.14. The van der Waals surface area contributed by atoms with Crippen LogP contribution < -0.4 is 11.1 Å². The van der Waals surface area contributed by atoms with Crippen molar-refractivity contribution in [3.63, 3.8) is 0 Å². The van der Waals surface area contributed by atoms with Gasteiger partial charge in [0, 0.05) is 11.2 Å². The molecule has 0 spiro atoms. The summed E-state index contributed by atoms with van der Waals surface area (Å²) in [5, 5.41) is 3.16. The second-order valence-corrected chi connectivity index (χ2v) is 4.58. The Morgan fingerprint density at radius 3 is 2.74 bits per heavy atom. The molecule has 0 aliphatic carbocycles. The first-order chi connectivity index (χ1) is 9.15. The number of amides is 1. The summed E-state index contributed by atoms with van der Waals surface area (Å²) in [7, 11) is 0. The van der Waals surface area contributed by atoms with E-state index in [0.29, 0.717) is 17.3 Å². The molecule has 1 amide bonds. The van der Waals surface area contributed by atoms with Crippen molar-refractivity contribution in [2.45, 2.75) is 12.5 Å². The van der Waals surface area contributed by atoms with Gasteiger partial charge < -0.3 is 11.1 Å². The van der Waals surface area contributed by atoms with Crippen molar-refractivity contribution >= 4 is 23.3 Å². The van der Waals surface area contributed by atoms with E-state index >= 15 is 0 Å². The highest BCUT2D eigenvalue weighted by Crippen LogP contribution is 2.12. The van der Waals surface area contributed by atoms with Gasteiger partial charge in [-0.25, -0.2) is 4.98 Å². The van der Waals surface area contributed by atoms with Gasteiger partial charge in [0.05, 0.1) is 6.04 Å². The van der Waals surface area contributed by atoms with Crippen LogP contribution in [0, 0.1) is 0 Å². The summed E-state index contributed by atoms with van der Waals surface area (Å²) in [6, 6.07) is 12.2. The average molecular weight is 276 g/mol. The van der Waals surface area contributed by atoms with E-state index < -0.39 is 6.04 Å².